The fourth-order valence-electron chi connectivity index (χ4n) is 3.81. The van der Waals surface area contributed by atoms with Crippen LogP contribution >= 0.6 is 0 Å². The Morgan fingerprint density at radius 2 is 1.93 bits per heavy atom. The van der Waals surface area contributed by atoms with Gasteiger partial charge in [-0.25, -0.2) is 0 Å². The van der Waals surface area contributed by atoms with Gasteiger partial charge >= 0.3 is 5.69 Å². The van der Waals surface area contributed by atoms with E-state index in [4.69, 9.17) is 0 Å². The van der Waals surface area contributed by atoms with Gasteiger partial charge in [-0.2, -0.15) is 5.10 Å². The number of benzene rings is 2. The lowest BCUT2D eigenvalue weighted by molar-refractivity contribution is -0.385. The smallest absolute Gasteiger partial charge is 0.322 e. The van der Waals surface area contributed by atoms with E-state index in [1.807, 2.05) is 37.3 Å². The zero-order valence-electron chi connectivity index (χ0n) is 16.2. The van der Waals surface area contributed by atoms with Crippen molar-refractivity contribution in [2.45, 2.75) is 33.2 Å². The van der Waals surface area contributed by atoms with E-state index in [-0.39, 0.29) is 11.4 Å². The van der Waals surface area contributed by atoms with Gasteiger partial charge in [0.25, 0.3) is 5.91 Å². The van der Waals surface area contributed by atoms with Gasteiger partial charge in [0.1, 0.15) is 5.69 Å². The first-order chi connectivity index (χ1) is 14.0. The lowest BCUT2D eigenvalue weighted by Crippen LogP contribution is -2.14. The molecule has 0 saturated heterocycles. The van der Waals surface area contributed by atoms with Gasteiger partial charge in [0.05, 0.1) is 4.92 Å². The second-order valence-corrected chi connectivity index (χ2v) is 6.85. The minimum atomic E-state index is -0.603. The summed E-state index contributed by atoms with van der Waals surface area (Å²) in [5.74, 6) is -0.603. The van der Waals surface area contributed by atoms with Crippen molar-refractivity contribution in [3.8, 4) is 0 Å². The Morgan fingerprint density at radius 3 is 2.66 bits per heavy atom. The number of hydrogen-bond donors (Lipinski definition) is 2. The normalized spacial score (nSPS) is 11.2. The van der Waals surface area contributed by atoms with E-state index >= 15 is 0 Å². The average molecular weight is 391 g/mol. The number of fused-ring (bicyclic) bond motifs is 3. The van der Waals surface area contributed by atoms with E-state index in [1.54, 1.807) is 6.07 Å². The summed E-state index contributed by atoms with van der Waals surface area (Å²) in [6.07, 6.45) is 1.17. The molecule has 148 valence electrons. The molecular weight excluding hydrogens is 370 g/mol. The van der Waals surface area contributed by atoms with Gasteiger partial charge in [-0.15, -0.1) is 0 Å². The van der Waals surface area contributed by atoms with Crippen molar-refractivity contribution in [2.75, 3.05) is 5.32 Å². The lowest BCUT2D eigenvalue weighted by Gasteiger charge is -2.05. The number of carbonyl (C=O) groups is 1. The number of H-pyrrole nitrogens is 1. The first-order valence-corrected chi connectivity index (χ1v) is 9.59. The van der Waals surface area contributed by atoms with Gasteiger partial charge in [-0.05, 0) is 37.6 Å². The van der Waals surface area contributed by atoms with Crippen LogP contribution in [0.3, 0.4) is 0 Å². The quantitative estimate of drug-likeness (QED) is 0.368. The minimum absolute atomic E-state index is 0.200. The van der Waals surface area contributed by atoms with E-state index in [0.717, 1.165) is 28.4 Å². The number of aromatic amines is 1. The Balaban J connectivity index is 1.73. The van der Waals surface area contributed by atoms with Crippen LogP contribution in [-0.4, -0.2) is 25.6 Å². The van der Waals surface area contributed by atoms with Crippen LogP contribution in [0.25, 0.3) is 21.8 Å². The standard InChI is InChI=1S/C21H21N5O3/c1-3-7-16-20(26(28)29)19(24-23-16)21(27)22-13-10-11-18-15(12-13)14-8-5-6-9-17(14)25(18)4-2/h5-6,8-12H,3-4,7H2,1-2H3,(H,22,27)(H,23,24). The summed E-state index contributed by atoms with van der Waals surface area (Å²) in [5.41, 5.74) is 2.67. The van der Waals surface area contributed by atoms with Crippen molar-refractivity contribution in [3.63, 3.8) is 0 Å². The number of aromatic nitrogens is 3. The monoisotopic (exact) mass is 391 g/mol. The molecule has 2 aromatic heterocycles. The predicted octanol–water partition coefficient (Wildman–Crippen LogP) is 4.65. The van der Waals surface area contributed by atoms with Gasteiger partial charge in [0.15, 0.2) is 0 Å². The molecule has 1 amide bonds. The maximum Gasteiger partial charge on any atom is 0.322 e. The Bertz CT molecular complexity index is 1240. The molecular formula is C21H21N5O3. The number of para-hydroxylation sites is 1. The van der Waals surface area contributed by atoms with Crippen LogP contribution in [0.2, 0.25) is 0 Å². The summed E-state index contributed by atoms with van der Waals surface area (Å²) >= 11 is 0. The Hall–Kier alpha value is -3.68. The summed E-state index contributed by atoms with van der Waals surface area (Å²) in [6.45, 7) is 4.83. The third-order valence-electron chi connectivity index (χ3n) is 5.06. The molecule has 0 saturated carbocycles. The van der Waals surface area contributed by atoms with Crippen LogP contribution in [0.5, 0.6) is 0 Å². The second kappa shape index (κ2) is 7.38. The second-order valence-electron chi connectivity index (χ2n) is 6.85. The minimum Gasteiger partial charge on any atom is -0.341 e. The number of hydrogen-bond acceptors (Lipinski definition) is 4. The lowest BCUT2D eigenvalue weighted by atomic mass is 10.1. The van der Waals surface area contributed by atoms with Crippen molar-refractivity contribution in [3.05, 3.63) is 64.0 Å². The van der Waals surface area contributed by atoms with Crippen molar-refractivity contribution in [1.29, 1.82) is 0 Å². The molecule has 0 fully saturated rings. The summed E-state index contributed by atoms with van der Waals surface area (Å²) in [6, 6.07) is 13.8. The topological polar surface area (TPSA) is 106 Å². The average Bonchev–Trinajstić information content (AvgIpc) is 3.27. The molecule has 2 aromatic carbocycles. The van der Waals surface area contributed by atoms with Crippen molar-refractivity contribution in [1.82, 2.24) is 14.8 Å². The third kappa shape index (κ3) is 3.12. The SMILES string of the molecule is CCCc1[nH]nc(C(=O)Nc2ccc3c(c2)c2ccccc2n3CC)c1[N+](=O)[O-]. The Kier molecular flexibility index (Phi) is 4.75. The first-order valence-electron chi connectivity index (χ1n) is 9.59. The number of amides is 1. The van der Waals surface area contributed by atoms with E-state index in [9.17, 15) is 14.9 Å². The number of carbonyl (C=O) groups excluding carboxylic acids is 1. The summed E-state index contributed by atoms with van der Waals surface area (Å²) in [4.78, 5) is 23.6. The van der Waals surface area contributed by atoms with Crippen LogP contribution in [0.4, 0.5) is 11.4 Å². The largest absolute Gasteiger partial charge is 0.341 e. The van der Waals surface area contributed by atoms with Gasteiger partial charge < -0.3 is 9.88 Å². The summed E-state index contributed by atoms with van der Waals surface area (Å²) in [7, 11) is 0. The maximum absolute atomic E-state index is 12.7. The molecule has 2 N–H and O–H groups in total. The van der Waals surface area contributed by atoms with Crippen LogP contribution in [0.15, 0.2) is 42.5 Å². The summed E-state index contributed by atoms with van der Waals surface area (Å²) < 4.78 is 2.21. The predicted molar refractivity (Wildman–Crippen MR) is 112 cm³/mol. The van der Waals surface area contributed by atoms with Crippen LogP contribution in [0.1, 0.15) is 36.5 Å². The number of aryl methyl sites for hydroxylation is 2. The highest BCUT2D eigenvalue weighted by atomic mass is 16.6. The molecule has 0 bridgehead atoms. The van der Waals surface area contributed by atoms with E-state index in [2.05, 4.69) is 33.1 Å². The molecule has 0 aliphatic carbocycles. The fraction of sp³-hybridized carbons (Fsp3) is 0.238. The summed E-state index contributed by atoms with van der Waals surface area (Å²) in [5, 5.41) is 22.9. The number of anilines is 1. The fourth-order valence-corrected chi connectivity index (χ4v) is 3.81. The number of nitro groups is 1. The third-order valence-corrected chi connectivity index (χ3v) is 5.06. The van der Waals surface area contributed by atoms with Crippen molar-refractivity contribution in [2.24, 2.45) is 0 Å². The van der Waals surface area contributed by atoms with E-state index in [1.165, 1.54) is 0 Å². The molecule has 4 aromatic rings. The first kappa shape index (κ1) is 18.7. The molecule has 29 heavy (non-hydrogen) atoms. The Morgan fingerprint density at radius 1 is 1.17 bits per heavy atom. The molecule has 0 spiro atoms. The molecule has 8 nitrogen and oxygen atoms in total. The highest BCUT2D eigenvalue weighted by Crippen LogP contribution is 2.31. The molecule has 0 unspecified atom stereocenters. The van der Waals surface area contributed by atoms with Crippen LogP contribution in [0, 0.1) is 10.1 Å². The van der Waals surface area contributed by atoms with Crippen LogP contribution in [-0.2, 0) is 13.0 Å². The molecule has 8 heteroatoms. The van der Waals surface area contributed by atoms with Crippen molar-refractivity contribution >= 4 is 39.1 Å². The highest BCUT2D eigenvalue weighted by Gasteiger charge is 2.28. The maximum atomic E-state index is 12.7. The number of rotatable bonds is 6. The zero-order valence-corrected chi connectivity index (χ0v) is 16.2. The number of nitrogens with zero attached hydrogens (tertiary/aromatic N) is 3. The molecule has 0 atom stereocenters. The molecule has 2 heterocycles. The van der Waals surface area contributed by atoms with E-state index in [0.29, 0.717) is 24.2 Å². The van der Waals surface area contributed by atoms with E-state index < -0.39 is 10.8 Å². The zero-order chi connectivity index (χ0) is 20.5. The number of nitrogens with one attached hydrogen (secondary N) is 2. The Labute approximate surface area is 166 Å². The van der Waals surface area contributed by atoms with Crippen molar-refractivity contribution < 1.29 is 9.72 Å². The molecule has 0 radical (unpaired) electrons. The molecule has 0 aliphatic rings. The van der Waals surface area contributed by atoms with Crippen LogP contribution < -0.4 is 5.32 Å². The van der Waals surface area contributed by atoms with Gasteiger partial charge in [0.2, 0.25) is 5.69 Å². The van der Waals surface area contributed by atoms with Gasteiger partial charge in [-0.1, -0.05) is 31.5 Å². The highest BCUT2D eigenvalue weighted by molar-refractivity contribution is 6.11. The van der Waals surface area contributed by atoms with Gasteiger partial charge in [0, 0.05) is 34.0 Å². The molecule has 0 aliphatic heterocycles. The molecule has 4 rings (SSSR count). The van der Waals surface area contributed by atoms with Gasteiger partial charge in [-0.3, -0.25) is 20.0 Å².